The van der Waals surface area contributed by atoms with Gasteiger partial charge >= 0.3 is 12.1 Å². The lowest BCUT2D eigenvalue weighted by Crippen LogP contribution is -2.26. The first-order valence-electron chi connectivity index (χ1n) is 8.90. The van der Waals surface area contributed by atoms with Crippen molar-refractivity contribution < 1.29 is 24.2 Å². The summed E-state index contributed by atoms with van der Waals surface area (Å²) < 4.78 is 10.5. The summed E-state index contributed by atoms with van der Waals surface area (Å²) in [5.41, 5.74) is 3.64. The second-order valence-electron chi connectivity index (χ2n) is 6.18. The summed E-state index contributed by atoms with van der Waals surface area (Å²) >= 11 is 0. The van der Waals surface area contributed by atoms with Crippen molar-refractivity contribution in [3.63, 3.8) is 0 Å². The van der Waals surface area contributed by atoms with Crippen LogP contribution in [0.4, 0.5) is 10.5 Å². The Kier molecular flexibility index (Phi) is 7.82. The van der Waals surface area contributed by atoms with Crippen molar-refractivity contribution >= 4 is 17.7 Å². The van der Waals surface area contributed by atoms with Gasteiger partial charge in [0.25, 0.3) is 0 Å². The van der Waals surface area contributed by atoms with Crippen LogP contribution in [-0.2, 0) is 27.1 Å². The van der Waals surface area contributed by atoms with Crippen LogP contribution in [0.1, 0.15) is 23.6 Å². The van der Waals surface area contributed by atoms with Crippen LogP contribution >= 0.6 is 0 Å². The predicted molar refractivity (Wildman–Crippen MR) is 103 cm³/mol. The Bertz CT molecular complexity index is 757. The SMILES string of the molecule is CCOC(Cc1cccc(CCOC(=O)Nc2ccc(C)cc2)c1)C(=O)O. The largest absolute Gasteiger partial charge is 0.479 e. The monoisotopic (exact) mass is 371 g/mol. The molecule has 1 atom stereocenters. The quantitative estimate of drug-likeness (QED) is 0.700. The zero-order chi connectivity index (χ0) is 19.6. The molecular weight excluding hydrogens is 346 g/mol. The van der Waals surface area contributed by atoms with Crippen LogP contribution in [0.5, 0.6) is 0 Å². The first kappa shape index (κ1) is 20.5. The second kappa shape index (κ2) is 10.3. The van der Waals surface area contributed by atoms with E-state index in [0.29, 0.717) is 25.1 Å². The fraction of sp³-hybridized carbons (Fsp3) is 0.333. The number of benzene rings is 2. The Balaban J connectivity index is 1.82. The van der Waals surface area contributed by atoms with E-state index in [1.165, 1.54) is 0 Å². The lowest BCUT2D eigenvalue weighted by atomic mass is 10.0. The molecule has 0 saturated carbocycles. The van der Waals surface area contributed by atoms with Crippen LogP contribution in [0.3, 0.4) is 0 Å². The van der Waals surface area contributed by atoms with Gasteiger partial charge in [0.05, 0.1) is 6.61 Å². The van der Waals surface area contributed by atoms with Crippen molar-refractivity contribution in [3.8, 4) is 0 Å². The van der Waals surface area contributed by atoms with Gasteiger partial charge in [0.2, 0.25) is 0 Å². The molecule has 27 heavy (non-hydrogen) atoms. The van der Waals surface area contributed by atoms with Crippen molar-refractivity contribution in [1.29, 1.82) is 0 Å². The van der Waals surface area contributed by atoms with Gasteiger partial charge in [-0.1, -0.05) is 42.0 Å². The van der Waals surface area contributed by atoms with Crippen molar-refractivity contribution in [1.82, 2.24) is 0 Å². The number of carbonyl (C=O) groups is 2. The third-order valence-electron chi connectivity index (χ3n) is 3.98. The van der Waals surface area contributed by atoms with Gasteiger partial charge in [-0.15, -0.1) is 0 Å². The van der Waals surface area contributed by atoms with Crippen LogP contribution < -0.4 is 5.32 Å². The van der Waals surface area contributed by atoms with Gasteiger partial charge in [-0.3, -0.25) is 5.32 Å². The Morgan fingerprint density at radius 3 is 2.48 bits per heavy atom. The molecule has 2 aromatic carbocycles. The maximum atomic E-state index is 11.8. The summed E-state index contributed by atoms with van der Waals surface area (Å²) in [5.74, 6) is -0.974. The van der Waals surface area contributed by atoms with E-state index in [9.17, 15) is 14.7 Å². The third-order valence-corrected chi connectivity index (χ3v) is 3.98. The summed E-state index contributed by atoms with van der Waals surface area (Å²) in [6.45, 7) is 4.32. The van der Waals surface area contributed by atoms with Crippen molar-refractivity contribution in [2.75, 3.05) is 18.5 Å². The summed E-state index contributed by atoms with van der Waals surface area (Å²) in [6.07, 6.45) is -0.521. The normalized spacial score (nSPS) is 11.6. The minimum Gasteiger partial charge on any atom is -0.479 e. The van der Waals surface area contributed by atoms with Crippen molar-refractivity contribution in [2.45, 2.75) is 32.8 Å². The highest BCUT2D eigenvalue weighted by Gasteiger charge is 2.18. The van der Waals surface area contributed by atoms with Gasteiger partial charge in [0.1, 0.15) is 0 Å². The lowest BCUT2D eigenvalue weighted by Gasteiger charge is -2.13. The molecule has 1 amide bonds. The summed E-state index contributed by atoms with van der Waals surface area (Å²) in [6, 6.07) is 15.0. The van der Waals surface area contributed by atoms with Gasteiger partial charge in [-0.25, -0.2) is 9.59 Å². The van der Waals surface area contributed by atoms with E-state index in [-0.39, 0.29) is 6.61 Å². The van der Waals surface area contributed by atoms with Gasteiger partial charge < -0.3 is 14.6 Å². The zero-order valence-corrected chi connectivity index (χ0v) is 15.6. The molecule has 6 heteroatoms. The van der Waals surface area contributed by atoms with Crippen LogP contribution in [0.15, 0.2) is 48.5 Å². The average molecular weight is 371 g/mol. The number of carbonyl (C=O) groups excluding carboxylic acids is 1. The number of anilines is 1. The van der Waals surface area contributed by atoms with Crippen molar-refractivity contribution in [3.05, 3.63) is 65.2 Å². The number of carboxylic acid groups (broad SMARTS) is 1. The van der Waals surface area contributed by atoms with E-state index in [0.717, 1.165) is 16.7 Å². The lowest BCUT2D eigenvalue weighted by molar-refractivity contribution is -0.149. The van der Waals surface area contributed by atoms with Crippen LogP contribution in [-0.4, -0.2) is 36.5 Å². The molecule has 0 aliphatic rings. The molecule has 6 nitrogen and oxygen atoms in total. The number of amides is 1. The van der Waals surface area contributed by atoms with E-state index in [1.54, 1.807) is 6.92 Å². The number of hydrogen-bond acceptors (Lipinski definition) is 4. The van der Waals surface area contributed by atoms with Gasteiger partial charge in [0.15, 0.2) is 6.10 Å². The van der Waals surface area contributed by atoms with Gasteiger partial charge in [-0.05, 0) is 37.1 Å². The van der Waals surface area contributed by atoms with E-state index >= 15 is 0 Å². The Morgan fingerprint density at radius 2 is 1.81 bits per heavy atom. The fourth-order valence-electron chi connectivity index (χ4n) is 2.60. The maximum Gasteiger partial charge on any atom is 0.411 e. The Labute approximate surface area is 159 Å². The molecule has 2 aromatic rings. The fourth-order valence-corrected chi connectivity index (χ4v) is 2.60. The highest BCUT2D eigenvalue weighted by molar-refractivity contribution is 5.84. The molecule has 0 bridgehead atoms. The van der Waals surface area contributed by atoms with E-state index in [4.69, 9.17) is 9.47 Å². The molecule has 0 saturated heterocycles. The number of ether oxygens (including phenoxy) is 2. The number of hydrogen-bond donors (Lipinski definition) is 2. The summed E-state index contributed by atoms with van der Waals surface area (Å²) in [7, 11) is 0. The topological polar surface area (TPSA) is 84.9 Å². The van der Waals surface area contributed by atoms with Crippen molar-refractivity contribution in [2.24, 2.45) is 0 Å². The zero-order valence-electron chi connectivity index (χ0n) is 15.6. The molecule has 2 N–H and O–H groups in total. The molecular formula is C21H25NO5. The highest BCUT2D eigenvalue weighted by Crippen LogP contribution is 2.12. The molecule has 0 fully saturated rings. The van der Waals surface area contributed by atoms with E-state index < -0.39 is 18.2 Å². The molecule has 144 valence electrons. The number of aliphatic carboxylic acids is 1. The number of aryl methyl sites for hydroxylation is 1. The minimum absolute atomic E-state index is 0.231. The number of carboxylic acids is 1. The highest BCUT2D eigenvalue weighted by atomic mass is 16.5. The van der Waals surface area contributed by atoms with Crippen LogP contribution in [0.2, 0.25) is 0 Å². The van der Waals surface area contributed by atoms with E-state index in [2.05, 4.69) is 5.32 Å². The first-order chi connectivity index (χ1) is 13.0. The Morgan fingerprint density at radius 1 is 1.11 bits per heavy atom. The minimum atomic E-state index is -0.974. The standard InChI is InChI=1S/C21H25NO5/c1-3-26-19(20(23)24)14-17-6-4-5-16(13-17)11-12-27-21(25)22-18-9-7-15(2)8-10-18/h4-10,13,19H,3,11-12,14H2,1-2H3,(H,22,25)(H,23,24). The molecule has 0 heterocycles. The van der Waals surface area contributed by atoms with Crippen LogP contribution in [0.25, 0.3) is 0 Å². The second-order valence-corrected chi connectivity index (χ2v) is 6.18. The number of nitrogens with one attached hydrogen (secondary N) is 1. The number of rotatable bonds is 9. The molecule has 0 radical (unpaired) electrons. The smallest absolute Gasteiger partial charge is 0.411 e. The molecule has 0 aliphatic heterocycles. The molecule has 1 unspecified atom stereocenters. The molecule has 2 rings (SSSR count). The van der Waals surface area contributed by atoms with E-state index in [1.807, 2.05) is 55.5 Å². The Hall–Kier alpha value is -2.86. The van der Waals surface area contributed by atoms with Gasteiger partial charge in [-0.2, -0.15) is 0 Å². The third kappa shape index (κ3) is 7.11. The predicted octanol–water partition coefficient (Wildman–Crippen LogP) is 3.82. The molecule has 0 aromatic heterocycles. The van der Waals surface area contributed by atoms with Gasteiger partial charge in [0, 0.05) is 25.1 Å². The first-order valence-corrected chi connectivity index (χ1v) is 8.90. The molecule has 0 spiro atoms. The average Bonchev–Trinajstić information content (AvgIpc) is 2.63. The summed E-state index contributed by atoms with van der Waals surface area (Å²) in [5, 5.41) is 11.9. The van der Waals surface area contributed by atoms with Crippen LogP contribution in [0, 0.1) is 6.92 Å². The molecule has 0 aliphatic carbocycles. The summed E-state index contributed by atoms with van der Waals surface area (Å²) in [4.78, 5) is 23.0. The maximum absolute atomic E-state index is 11.8.